The molecule has 0 saturated carbocycles. The summed E-state index contributed by atoms with van der Waals surface area (Å²) in [4.78, 5) is 2.52. The van der Waals surface area contributed by atoms with Crippen LogP contribution >= 0.6 is 0 Å². The van der Waals surface area contributed by atoms with Crippen molar-refractivity contribution in [3.63, 3.8) is 0 Å². The lowest BCUT2D eigenvalue weighted by atomic mass is 9.65. The summed E-state index contributed by atoms with van der Waals surface area (Å²) in [5, 5.41) is 0. The van der Waals surface area contributed by atoms with Gasteiger partial charge in [0.25, 0.3) is 0 Å². The molecule has 0 N–H and O–H groups in total. The van der Waals surface area contributed by atoms with E-state index in [0.29, 0.717) is 0 Å². The number of rotatable bonds is 11. The van der Waals surface area contributed by atoms with Crippen molar-refractivity contribution in [3.05, 3.63) is 278 Å². The van der Waals surface area contributed by atoms with E-state index in [1.165, 1.54) is 5.56 Å². The van der Waals surface area contributed by atoms with Gasteiger partial charge in [0.15, 0.2) is 0 Å². The highest BCUT2D eigenvalue weighted by Gasteiger charge is 2.56. The van der Waals surface area contributed by atoms with Gasteiger partial charge in [-0.05, 0) is 93.8 Å². The van der Waals surface area contributed by atoms with E-state index in [-0.39, 0.29) is 0 Å². The van der Waals surface area contributed by atoms with Gasteiger partial charge in [-0.15, -0.1) is 0 Å². The summed E-state index contributed by atoms with van der Waals surface area (Å²) in [7, 11) is 3.73. The number of allylic oxidation sites excluding steroid dienone is 5. The van der Waals surface area contributed by atoms with Gasteiger partial charge in [-0.25, -0.2) is 0 Å². The van der Waals surface area contributed by atoms with E-state index in [2.05, 4.69) is 242 Å². The fourth-order valence-electron chi connectivity index (χ4n) is 9.87. The molecule has 3 aliphatic heterocycles. The van der Waals surface area contributed by atoms with Crippen molar-refractivity contribution in [2.75, 3.05) is 19.1 Å². The molecule has 7 aromatic rings. The smallest absolute Gasteiger partial charge is 0.147 e. The van der Waals surface area contributed by atoms with Gasteiger partial charge in [-0.1, -0.05) is 200 Å². The number of benzene rings is 7. The zero-order valence-electron chi connectivity index (χ0n) is 35.9. The third-order valence-corrected chi connectivity index (χ3v) is 12.8. The molecule has 306 valence electrons. The summed E-state index contributed by atoms with van der Waals surface area (Å²) in [6.07, 6.45) is 20.9. The fourth-order valence-corrected chi connectivity index (χ4v) is 9.87. The van der Waals surface area contributed by atoms with Crippen molar-refractivity contribution in [2.45, 2.75) is 24.5 Å². The molecule has 0 aliphatic carbocycles. The van der Waals surface area contributed by atoms with Crippen LogP contribution < -0.4 is 4.90 Å². The molecular formula is C60H49NO2. The molecule has 0 spiro atoms. The average Bonchev–Trinajstić information content (AvgIpc) is 3.35. The predicted octanol–water partition coefficient (Wildman–Crippen LogP) is 14.3. The van der Waals surface area contributed by atoms with E-state index in [0.717, 1.165) is 90.3 Å². The normalized spacial score (nSPS) is 19.5. The predicted molar refractivity (Wildman–Crippen MR) is 262 cm³/mol. The minimum Gasteiger partial charge on any atom is -0.364 e. The Hall–Kier alpha value is -7.30. The molecule has 0 radical (unpaired) electrons. The molecule has 0 saturated heterocycles. The number of ether oxygens (including phenoxy) is 2. The third kappa shape index (κ3) is 6.87. The summed E-state index contributed by atoms with van der Waals surface area (Å²) in [6.45, 7) is 2.11. The lowest BCUT2D eigenvalue weighted by Crippen LogP contribution is -2.48. The molecule has 0 bridgehead atoms. The van der Waals surface area contributed by atoms with Crippen LogP contribution in [0.2, 0.25) is 0 Å². The molecule has 2 unspecified atom stereocenters. The summed E-state index contributed by atoms with van der Waals surface area (Å²) in [6, 6.07) is 62.4. The molecule has 0 amide bonds. The SMILES string of the molecule is C/C=C(/C=C/c1ccccc1)\C=C1/C2=CCc3cc(/C=C/c4ccccc4)cc4c3N2c2c(cc(/C=C/c3ccccc3)cc2C4(OC)c2ccccc2)C1(OC)c1ccccc1. The molecule has 3 aliphatic rings. The van der Waals surface area contributed by atoms with Crippen molar-refractivity contribution >= 4 is 41.8 Å². The molecular weight excluding hydrogens is 767 g/mol. The Morgan fingerprint density at radius 3 is 1.43 bits per heavy atom. The first-order chi connectivity index (χ1) is 31.1. The van der Waals surface area contributed by atoms with Crippen LogP contribution in [0.25, 0.3) is 30.4 Å². The molecule has 10 rings (SSSR count). The number of nitrogens with zero attached hydrogens (tertiary/aromatic N) is 1. The van der Waals surface area contributed by atoms with E-state index in [4.69, 9.17) is 9.47 Å². The van der Waals surface area contributed by atoms with Crippen LogP contribution in [0.4, 0.5) is 11.4 Å². The quantitative estimate of drug-likeness (QED) is 0.0959. The number of hydrogen-bond acceptors (Lipinski definition) is 3. The summed E-state index contributed by atoms with van der Waals surface area (Å²) >= 11 is 0. The first-order valence-corrected chi connectivity index (χ1v) is 21.7. The molecule has 3 heterocycles. The summed E-state index contributed by atoms with van der Waals surface area (Å²) in [5.74, 6) is 0. The van der Waals surface area contributed by atoms with Crippen molar-refractivity contribution < 1.29 is 9.47 Å². The van der Waals surface area contributed by atoms with Gasteiger partial charge in [-0.3, -0.25) is 0 Å². The van der Waals surface area contributed by atoms with Gasteiger partial charge in [0.05, 0.1) is 11.4 Å². The average molecular weight is 816 g/mol. The van der Waals surface area contributed by atoms with E-state index < -0.39 is 11.2 Å². The summed E-state index contributed by atoms with van der Waals surface area (Å²) < 4.78 is 14.3. The van der Waals surface area contributed by atoms with Gasteiger partial charge < -0.3 is 14.4 Å². The van der Waals surface area contributed by atoms with Gasteiger partial charge >= 0.3 is 0 Å². The molecule has 3 heteroatoms. The molecule has 2 atom stereocenters. The van der Waals surface area contributed by atoms with Crippen molar-refractivity contribution in [1.82, 2.24) is 0 Å². The van der Waals surface area contributed by atoms with Gasteiger partial charge in [-0.2, -0.15) is 0 Å². The van der Waals surface area contributed by atoms with Crippen molar-refractivity contribution in [3.8, 4) is 0 Å². The molecule has 0 fully saturated rings. The second kappa shape index (κ2) is 16.9. The van der Waals surface area contributed by atoms with Crippen LogP contribution in [-0.4, -0.2) is 14.2 Å². The number of hydrogen-bond donors (Lipinski definition) is 0. The molecule has 63 heavy (non-hydrogen) atoms. The van der Waals surface area contributed by atoms with Crippen LogP contribution in [0.1, 0.15) is 68.1 Å². The van der Waals surface area contributed by atoms with Crippen molar-refractivity contribution in [1.29, 1.82) is 0 Å². The first-order valence-electron chi connectivity index (χ1n) is 21.7. The second-order valence-corrected chi connectivity index (χ2v) is 16.3. The standard InChI is InChI=1S/C60H49NO2/c1-4-43(30-31-44-20-10-5-11-21-44)39-52-56-37-36-49-38-47(34-32-45-22-12-6-13-23-45)40-53-57(49)61(56)58-54(59(52,62-2)50-26-16-8-17-27-50)41-48(35-33-46-24-14-7-15-25-46)42-55(58)60(53,63-3)51-28-18-9-19-29-51/h4-35,37-42H,36H2,1-3H3/b31-30+,34-32+,35-33+,43-4-,52-39+. The minimum atomic E-state index is -1.01. The Kier molecular flexibility index (Phi) is 10.7. The zero-order chi connectivity index (χ0) is 42.8. The topological polar surface area (TPSA) is 21.7 Å². The van der Waals surface area contributed by atoms with Crippen LogP contribution in [0.5, 0.6) is 0 Å². The minimum absolute atomic E-state index is 0.731. The highest BCUT2D eigenvalue weighted by molar-refractivity contribution is 5.95. The second-order valence-electron chi connectivity index (χ2n) is 16.3. The van der Waals surface area contributed by atoms with Gasteiger partial charge in [0.2, 0.25) is 0 Å². The largest absolute Gasteiger partial charge is 0.364 e. The fraction of sp³-hybridized carbons (Fsp3) is 0.100. The Morgan fingerprint density at radius 2 is 0.921 bits per heavy atom. The maximum absolute atomic E-state index is 7.18. The molecule has 0 aromatic heterocycles. The number of anilines is 2. The van der Waals surface area contributed by atoms with Crippen LogP contribution in [-0.2, 0) is 27.1 Å². The van der Waals surface area contributed by atoms with Crippen LogP contribution in [0.15, 0.2) is 217 Å². The monoisotopic (exact) mass is 815 g/mol. The van der Waals surface area contributed by atoms with E-state index in [1.54, 1.807) is 0 Å². The lowest BCUT2D eigenvalue weighted by molar-refractivity contribution is 0.0484. The molecule has 7 aromatic carbocycles. The zero-order valence-corrected chi connectivity index (χ0v) is 35.9. The van der Waals surface area contributed by atoms with E-state index in [9.17, 15) is 0 Å². The van der Waals surface area contributed by atoms with E-state index >= 15 is 0 Å². The Labute approximate surface area is 371 Å². The van der Waals surface area contributed by atoms with Gasteiger partial charge in [0, 0.05) is 42.2 Å². The Morgan fingerprint density at radius 1 is 0.492 bits per heavy atom. The maximum atomic E-state index is 7.18. The number of methoxy groups -OCH3 is 2. The Balaban J connectivity index is 1.32. The third-order valence-electron chi connectivity index (χ3n) is 12.8. The van der Waals surface area contributed by atoms with Gasteiger partial charge in [0.1, 0.15) is 11.2 Å². The highest BCUT2D eigenvalue weighted by atomic mass is 16.5. The van der Waals surface area contributed by atoms with Crippen LogP contribution in [0.3, 0.4) is 0 Å². The first kappa shape index (κ1) is 39.8. The molecule has 3 nitrogen and oxygen atoms in total. The highest BCUT2D eigenvalue weighted by Crippen LogP contribution is 2.64. The maximum Gasteiger partial charge on any atom is 0.147 e. The van der Waals surface area contributed by atoms with E-state index in [1.807, 2.05) is 14.2 Å². The Bertz CT molecular complexity index is 2980. The van der Waals surface area contributed by atoms with Crippen LogP contribution in [0, 0.1) is 0 Å². The lowest BCUT2D eigenvalue weighted by Gasteiger charge is -2.54. The van der Waals surface area contributed by atoms with Crippen molar-refractivity contribution in [2.24, 2.45) is 0 Å². The summed E-state index contributed by atoms with van der Waals surface area (Å²) in [5.41, 5.74) is 15.7.